The molecule has 1 saturated heterocycles. The van der Waals surface area contributed by atoms with Crippen molar-refractivity contribution < 1.29 is 22.4 Å². The Morgan fingerprint density at radius 2 is 2.06 bits per heavy atom. The number of urea groups is 1. The van der Waals surface area contributed by atoms with Crippen LogP contribution >= 0.6 is 0 Å². The fourth-order valence-electron chi connectivity index (χ4n) is 5.13. The molecule has 9 nitrogen and oxygen atoms in total. The van der Waals surface area contributed by atoms with Gasteiger partial charge in [-0.25, -0.2) is 9.78 Å². The molecule has 1 saturated carbocycles. The molecule has 1 aromatic carbocycles. The minimum atomic E-state index is -4.60. The highest BCUT2D eigenvalue weighted by atomic mass is 19.4. The van der Waals surface area contributed by atoms with Gasteiger partial charge in [-0.15, -0.1) is 10.2 Å². The first kappa shape index (κ1) is 21.4. The van der Waals surface area contributed by atoms with Gasteiger partial charge in [-0.1, -0.05) is 6.92 Å². The molecule has 2 bridgehead atoms. The lowest BCUT2D eigenvalue weighted by Gasteiger charge is -2.61. The molecule has 2 aliphatic rings. The molecule has 3 atom stereocenters. The van der Waals surface area contributed by atoms with Crippen LogP contribution in [-0.4, -0.2) is 41.9 Å². The standard InChI is InChI=1S/C21H22F3N7O2/c1-11-6-14-9-20(8-11,18-28-27-12(2)33-18)31(14)19(32)26-13-4-5-16(21(22,23)24)15(7-13)17-25-10-30(3)29-17/h4-5,7,10-11,14H,6,8-9H2,1-3H3,(H,26,32)/t11-,14?,20?/m0/s1. The van der Waals surface area contributed by atoms with Crippen LogP contribution in [0, 0.1) is 12.8 Å². The molecule has 1 aliphatic carbocycles. The fraction of sp³-hybridized carbons (Fsp3) is 0.476. The van der Waals surface area contributed by atoms with E-state index in [1.54, 1.807) is 18.9 Å². The first-order chi connectivity index (χ1) is 15.6. The topological polar surface area (TPSA) is 102 Å². The average molecular weight is 461 g/mol. The van der Waals surface area contributed by atoms with Gasteiger partial charge in [0, 0.05) is 37.7 Å². The van der Waals surface area contributed by atoms with E-state index in [9.17, 15) is 18.0 Å². The first-order valence-electron chi connectivity index (χ1n) is 10.5. The van der Waals surface area contributed by atoms with Gasteiger partial charge in [-0.2, -0.15) is 18.3 Å². The number of likely N-dealkylation sites (tertiary alicyclic amines) is 1. The Kier molecular flexibility index (Phi) is 4.73. The number of halogens is 3. The maximum Gasteiger partial charge on any atom is 0.417 e. The van der Waals surface area contributed by atoms with Crippen molar-refractivity contribution in [2.24, 2.45) is 13.0 Å². The van der Waals surface area contributed by atoms with Crippen molar-refractivity contribution in [3.8, 4) is 11.4 Å². The van der Waals surface area contributed by atoms with E-state index in [0.717, 1.165) is 12.5 Å². The maximum atomic E-state index is 13.6. The van der Waals surface area contributed by atoms with Crippen LogP contribution in [0.5, 0.6) is 0 Å². The van der Waals surface area contributed by atoms with Gasteiger partial charge < -0.3 is 14.6 Å². The number of fused-ring (bicyclic) bond motifs is 2. The number of nitrogens with zero attached hydrogens (tertiary/aromatic N) is 6. The van der Waals surface area contributed by atoms with Crippen molar-refractivity contribution in [3.63, 3.8) is 0 Å². The normalized spacial score (nSPS) is 24.5. The number of nitrogens with one attached hydrogen (secondary N) is 1. The summed E-state index contributed by atoms with van der Waals surface area (Å²) in [6.45, 7) is 3.80. The predicted octanol–water partition coefficient (Wildman–Crippen LogP) is 4.12. The number of carbonyl (C=O) groups is 1. The summed E-state index contributed by atoms with van der Waals surface area (Å²) >= 11 is 0. The summed E-state index contributed by atoms with van der Waals surface area (Å²) in [6.07, 6.45) is -1.06. The third-order valence-corrected chi connectivity index (χ3v) is 6.32. The van der Waals surface area contributed by atoms with E-state index in [0.29, 0.717) is 30.5 Å². The first-order valence-corrected chi connectivity index (χ1v) is 10.5. The van der Waals surface area contributed by atoms with Crippen LogP contribution in [-0.2, 0) is 18.8 Å². The number of hydrogen-bond donors (Lipinski definition) is 1. The van der Waals surface area contributed by atoms with Crippen LogP contribution in [0.3, 0.4) is 0 Å². The summed E-state index contributed by atoms with van der Waals surface area (Å²) in [6, 6.07) is 2.98. The number of anilines is 1. The number of benzene rings is 1. The minimum absolute atomic E-state index is 0.00710. The van der Waals surface area contributed by atoms with Crippen LogP contribution in [0.2, 0.25) is 0 Å². The summed E-state index contributed by atoms with van der Waals surface area (Å²) < 4.78 is 47.7. The van der Waals surface area contributed by atoms with Crippen LogP contribution in [0.1, 0.15) is 43.5 Å². The number of alkyl halides is 3. The Morgan fingerprint density at radius 3 is 2.70 bits per heavy atom. The second-order valence-electron chi connectivity index (χ2n) is 8.86. The maximum absolute atomic E-state index is 13.6. The summed E-state index contributed by atoms with van der Waals surface area (Å²) in [4.78, 5) is 18.9. The van der Waals surface area contributed by atoms with Gasteiger partial charge in [0.1, 0.15) is 11.9 Å². The van der Waals surface area contributed by atoms with Gasteiger partial charge in [-0.3, -0.25) is 4.68 Å². The molecule has 0 radical (unpaired) electrons. The van der Waals surface area contributed by atoms with Crippen LogP contribution < -0.4 is 5.32 Å². The zero-order valence-electron chi connectivity index (χ0n) is 18.2. The third kappa shape index (κ3) is 3.53. The average Bonchev–Trinajstić information content (AvgIpc) is 3.35. The number of rotatable bonds is 3. The summed E-state index contributed by atoms with van der Waals surface area (Å²) in [5.41, 5.74) is -1.57. The van der Waals surface area contributed by atoms with Gasteiger partial charge in [0.25, 0.3) is 0 Å². The minimum Gasteiger partial charge on any atom is -0.423 e. The summed E-state index contributed by atoms with van der Waals surface area (Å²) in [5.74, 6) is 1.10. The number of aromatic nitrogens is 5. The number of hydrogen-bond acceptors (Lipinski definition) is 6. The SMILES string of the molecule is Cc1nnc(C23CC(C[C@H](C)C2)N3C(=O)Nc2ccc(C(F)(F)F)c(-c3ncn(C)n3)c2)o1. The molecule has 33 heavy (non-hydrogen) atoms. The largest absolute Gasteiger partial charge is 0.423 e. The molecular formula is C21H22F3N7O2. The Bertz CT molecular complexity index is 1220. The zero-order chi connectivity index (χ0) is 23.5. The molecule has 1 N–H and O–H groups in total. The zero-order valence-corrected chi connectivity index (χ0v) is 18.2. The molecular weight excluding hydrogens is 439 g/mol. The van der Waals surface area contributed by atoms with Crippen molar-refractivity contribution >= 4 is 11.7 Å². The Hall–Kier alpha value is -3.44. The molecule has 2 unspecified atom stereocenters. The lowest BCUT2D eigenvalue weighted by molar-refractivity contribution is -0.137. The van der Waals surface area contributed by atoms with E-state index in [1.807, 2.05) is 0 Å². The van der Waals surface area contributed by atoms with E-state index in [-0.39, 0.29) is 23.1 Å². The van der Waals surface area contributed by atoms with Crippen molar-refractivity contribution in [1.82, 2.24) is 29.9 Å². The molecule has 1 aliphatic heterocycles. The number of carbonyl (C=O) groups excluding carboxylic acids is 1. The van der Waals surface area contributed by atoms with Crippen molar-refractivity contribution in [1.29, 1.82) is 0 Å². The van der Waals surface area contributed by atoms with E-state index in [1.165, 1.54) is 23.1 Å². The van der Waals surface area contributed by atoms with Gasteiger partial charge >= 0.3 is 12.2 Å². The predicted molar refractivity (Wildman–Crippen MR) is 110 cm³/mol. The van der Waals surface area contributed by atoms with E-state index in [2.05, 4.69) is 32.5 Å². The highest BCUT2D eigenvalue weighted by Crippen LogP contribution is 2.55. The molecule has 3 heterocycles. The number of aryl methyl sites for hydroxylation is 2. The van der Waals surface area contributed by atoms with Crippen molar-refractivity contribution in [2.45, 2.75) is 50.9 Å². The Labute approximate surface area is 187 Å². The second kappa shape index (κ2) is 7.29. The van der Waals surface area contributed by atoms with Gasteiger partial charge in [0.2, 0.25) is 11.8 Å². The quantitative estimate of drug-likeness (QED) is 0.630. The lowest BCUT2D eigenvalue weighted by atomic mass is 9.64. The van der Waals surface area contributed by atoms with E-state index in [4.69, 9.17) is 4.42 Å². The fourth-order valence-corrected chi connectivity index (χ4v) is 5.13. The monoisotopic (exact) mass is 461 g/mol. The number of amides is 2. The van der Waals surface area contributed by atoms with Crippen LogP contribution in [0.15, 0.2) is 28.9 Å². The molecule has 2 amide bonds. The van der Waals surface area contributed by atoms with Crippen molar-refractivity contribution in [3.05, 3.63) is 41.9 Å². The highest BCUT2D eigenvalue weighted by Gasteiger charge is 2.62. The molecule has 0 spiro atoms. The molecule has 2 aromatic heterocycles. The second-order valence-corrected chi connectivity index (χ2v) is 8.86. The molecule has 5 rings (SSSR count). The van der Waals surface area contributed by atoms with Gasteiger partial charge in [-0.05, 0) is 37.0 Å². The summed E-state index contributed by atoms with van der Waals surface area (Å²) in [7, 11) is 1.57. The Balaban J connectivity index is 1.46. The molecule has 174 valence electrons. The molecule has 12 heteroatoms. The number of piperidine rings is 1. The molecule has 2 fully saturated rings. The van der Waals surface area contributed by atoms with Crippen molar-refractivity contribution in [2.75, 3.05) is 5.32 Å². The van der Waals surface area contributed by atoms with E-state index >= 15 is 0 Å². The van der Waals surface area contributed by atoms with E-state index < -0.39 is 23.3 Å². The smallest absolute Gasteiger partial charge is 0.417 e. The van der Waals surface area contributed by atoms with Crippen LogP contribution in [0.25, 0.3) is 11.4 Å². The highest BCUT2D eigenvalue weighted by molar-refractivity contribution is 5.92. The third-order valence-electron chi connectivity index (χ3n) is 6.32. The summed E-state index contributed by atoms with van der Waals surface area (Å²) in [5, 5.41) is 14.8. The Morgan fingerprint density at radius 1 is 1.27 bits per heavy atom. The lowest BCUT2D eigenvalue weighted by Crippen LogP contribution is -2.70. The van der Waals surface area contributed by atoms with Gasteiger partial charge in [0.15, 0.2) is 5.82 Å². The van der Waals surface area contributed by atoms with Crippen LogP contribution in [0.4, 0.5) is 23.7 Å². The molecule has 3 aromatic rings. The van der Waals surface area contributed by atoms with Gasteiger partial charge in [0.05, 0.1) is 5.56 Å².